The van der Waals surface area contributed by atoms with Crippen molar-refractivity contribution in [1.29, 1.82) is 0 Å². The van der Waals surface area contributed by atoms with Crippen molar-refractivity contribution in [3.8, 4) is 0 Å². The molecule has 2 aromatic rings. The molecule has 0 spiro atoms. The molecule has 0 N–H and O–H groups in total. The van der Waals surface area contributed by atoms with Gasteiger partial charge in [0.05, 0.1) is 11.6 Å². The smallest absolute Gasteiger partial charge is 0.173 e. The van der Waals surface area contributed by atoms with Crippen LogP contribution in [0.25, 0.3) is 0 Å². The molecule has 0 radical (unpaired) electrons. The van der Waals surface area contributed by atoms with E-state index >= 15 is 0 Å². The zero-order valence-electron chi connectivity index (χ0n) is 14.7. The van der Waals surface area contributed by atoms with Crippen LogP contribution >= 0.6 is 0 Å². The first kappa shape index (κ1) is 16.1. The molecule has 1 atom stereocenters. The van der Waals surface area contributed by atoms with Crippen LogP contribution in [0, 0.1) is 6.92 Å². The highest BCUT2D eigenvalue weighted by Gasteiger charge is 2.31. The van der Waals surface area contributed by atoms with Gasteiger partial charge in [0.25, 0.3) is 0 Å². The molecule has 3 rings (SSSR count). The Morgan fingerprint density at radius 2 is 1.65 bits per heavy atom. The van der Waals surface area contributed by atoms with Crippen molar-refractivity contribution in [2.24, 2.45) is 0 Å². The fourth-order valence-corrected chi connectivity index (χ4v) is 3.29. The Hall–Kier alpha value is -1.75. The number of likely N-dealkylation sites (tertiary alicyclic amines) is 1. The Morgan fingerprint density at radius 1 is 1.00 bits per heavy atom. The first-order valence-corrected chi connectivity index (χ1v) is 8.56. The second-order valence-corrected chi connectivity index (χ2v) is 7.53. The molecule has 1 saturated heterocycles. The Balaban J connectivity index is 2.05. The lowest BCUT2D eigenvalue weighted by Gasteiger charge is -2.35. The summed E-state index contributed by atoms with van der Waals surface area (Å²) in [4.78, 5) is 2.53. The van der Waals surface area contributed by atoms with Gasteiger partial charge in [0.2, 0.25) is 0 Å². The maximum atomic E-state index is 4.42. The number of hydrogen-bond donors (Lipinski definition) is 0. The molecule has 2 heterocycles. The number of aromatic nitrogens is 4. The lowest BCUT2D eigenvalue weighted by Crippen LogP contribution is -2.38. The van der Waals surface area contributed by atoms with Gasteiger partial charge in [0.1, 0.15) is 0 Å². The largest absolute Gasteiger partial charge is 0.290 e. The lowest BCUT2D eigenvalue weighted by atomic mass is 9.99. The average molecular weight is 313 g/mol. The first-order chi connectivity index (χ1) is 11.0. The second kappa shape index (κ2) is 6.40. The summed E-state index contributed by atoms with van der Waals surface area (Å²) in [6.45, 7) is 10.8. The molecule has 0 amide bonds. The zero-order chi connectivity index (χ0) is 16.4. The van der Waals surface area contributed by atoms with Crippen molar-refractivity contribution in [2.75, 3.05) is 13.1 Å². The van der Waals surface area contributed by atoms with E-state index in [0.29, 0.717) is 0 Å². The maximum absolute atomic E-state index is 4.42. The third kappa shape index (κ3) is 3.44. The van der Waals surface area contributed by atoms with Gasteiger partial charge in [-0.1, -0.05) is 36.2 Å². The molecule has 0 saturated carbocycles. The van der Waals surface area contributed by atoms with Crippen LogP contribution in [-0.4, -0.2) is 38.2 Å². The van der Waals surface area contributed by atoms with Gasteiger partial charge in [0, 0.05) is 0 Å². The summed E-state index contributed by atoms with van der Waals surface area (Å²) >= 11 is 0. The van der Waals surface area contributed by atoms with Crippen LogP contribution in [0.5, 0.6) is 0 Å². The SMILES string of the molecule is Cc1ccc([C@H](c2nnnn2C(C)(C)C)N2CCCCC2)cc1. The van der Waals surface area contributed by atoms with Crippen LogP contribution in [0.2, 0.25) is 0 Å². The quantitative estimate of drug-likeness (QED) is 0.872. The number of benzene rings is 1. The van der Waals surface area contributed by atoms with Gasteiger partial charge in [0.15, 0.2) is 5.82 Å². The molecular weight excluding hydrogens is 286 g/mol. The minimum atomic E-state index is -0.127. The molecule has 1 fully saturated rings. The Labute approximate surface area is 138 Å². The van der Waals surface area contributed by atoms with Gasteiger partial charge >= 0.3 is 0 Å². The number of piperidine rings is 1. The molecule has 1 aromatic carbocycles. The van der Waals surface area contributed by atoms with Crippen molar-refractivity contribution >= 4 is 0 Å². The number of rotatable bonds is 3. The highest BCUT2D eigenvalue weighted by molar-refractivity contribution is 5.28. The molecule has 1 aliphatic rings. The summed E-state index contributed by atoms with van der Waals surface area (Å²) in [5.74, 6) is 0.947. The van der Waals surface area contributed by atoms with Gasteiger partial charge in [-0.3, -0.25) is 4.90 Å². The lowest BCUT2D eigenvalue weighted by molar-refractivity contribution is 0.170. The van der Waals surface area contributed by atoms with Crippen molar-refractivity contribution in [1.82, 2.24) is 25.1 Å². The fourth-order valence-electron chi connectivity index (χ4n) is 3.29. The number of tetrazole rings is 1. The zero-order valence-corrected chi connectivity index (χ0v) is 14.7. The minimum Gasteiger partial charge on any atom is -0.290 e. The van der Waals surface area contributed by atoms with Crippen LogP contribution in [0.3, 0.4) is 0 Å². The summed E-state index contributed by atoms with van der Waals surface area (Å²) < 4.78 is 1.98. The Kier molecular flexibility index (Phi) is 4.48. The summed E-state index contributed by atoms with van der Waals surface area (Å²) in [6, 6.07) is 8.92. The fraction of sp³-hybridized carbons (Fsp3) is 0.611. The van der Waals surface area contributed by atoms with E-state index in [9.17, 15) is 0 Å². The Morgan fingerprint density at radius 3 is 2.26 bits per heavy atom. The van der Waals surface area contributed by atoms with Crippen LogP contribution in [0.4, 0.5) is 0 Å². The van der Waals surface area contributed by atoms with E-state index in [1.54, 1.807) is 0 Å². The third-order valence-corrected chi connectivity index (χ3v) is 4.52. The number of hydrogen-bond acceptors (Lipinski definition) is 4. The predicted molar refractivity (Wildman–Crippen MR) is 91.3 cm³/mol. The highest BCUT2D eigenvalue weighted by Crippen LogP contribution is 2.31. The van der Waals surface area contributed by atoms with E-state index < -0.39 is 0 Å². The normalized spacial score (nSPS) is 18.1. The maximum Gasteiger partial charge on any atom is 0.173 e. The van der Waals surface area contributed by atoms with Crippen molar-refractivity contribution in [3.05, 3.63) is 41.2 Å². The van der Waals surface area contributed by atoms with Crippen LogP contribution < -0.4 is 0 Å². The van der Waals surface area contributed by atoms with Gasteiger partial charge in [-0.05, 0) is 69.6 Å². The van der Waals surface area contributed by atoms with E-state index in [1.807, 2.05) is 4.68 Å². The molecule has 0 bridgehead atoms. The molecule has 1 aliphatic heterocycles. The monoisotopic (exact) mass is 313 g/mol. The van der Waals surface area contributed by atoms with Gasteiger partial charge in [-0.25, -0.2) is 4.68 Å². The topological polar surface area (TPSA) is 46.8 Å². The van der Waals surface area contributed by atoms with Gasteiger partial charge in [-0.15, -0.1) is 5.10 Å². The summed E-state index contributed by atoms with van der Waals surface area (Å²) in [7, 11) is 0. The van der Waals surface area contributed by atoms with E-state index in [-0.39, 0.29) is 11.6 Å². The van der Waals surface area contributed by atoms with Crippen molar-refractivity contribution < 1.29 is 0 Å². The van der Waals surface area contributed by atoms with Crippen LogP contribution in [0.15, 0.2) is 24.3 Å². The van der Waals surface area contributed by atoms with Crippen LogP contribution in [-0.2, 0) is 5.54 Å². The third-order valence-electron chi connectivity index (χ3n) is 4.52. The van der Waals surface area contributed by atoms with Crippen molar-refractivity contribution in [3.63, 3.8) is 0 Å². The molecule has 124 valence electrons. The van der Waals surface area contributed by atoms with Gasteiger partial charge < -0.3 is 0 Å². The van der Waals surface area contributed by atoms with Crippen LogP contribution in [0.1, 0.15) is 63.0 Å². The molecule has 5 heteroatoms. The van der Waals surface area contributed by atoms with E-state index in [4.69, 9.17) is 0 Å². The van der Waals surface area contributed by atoms with Crippen molar-refractivity contribution in [2.45, 2.75) is 58.5 Å². The Bertz CT molecular complexity index is 632. The second-order valence-electron chi connectivity index (χ2n) is 7.53. The first-order valence-electron chi connectivity index (χ1n) is 8.56. The molecule has 1 aromatic heterocycles. The molecule has 23 heavy (non-hydrogen) atoms. The van der Waals surface area contributed by atoms with E-state index in [2.05, 4.69) is 72.4 Å². The summed E-state index contributed by atoms with van der Waals surface area (Å²) in [5.41, 5.74) is 2.43. The standard InChI is InChI=1S/C18H27N5/c1-14-8-10-15(11-9-14)16(22-12-6-5-7-13-22)17-19-20-21-23(17)18(2,3)4/h8-11,16H,5-7,12-13H2,1-4H3/t16-/m1/s1. The summed E-state index contributed by atoms with van der Waals surface area (Å²) in [5, 5.41) is 12.7. The highest BCUT2D eigenvalue weighted by atomic mass is 15.6. The molecule has 0 aliphatic carbocycles. The average Bonchev–Trinajstić information content (AvgIpc) is 3.00. The van der Waals surface area contributed by atoms with E-state index in [1.165, 1.54) is 30.4 Å². The molecular formula is C18H27N5. The molecule has 0 unspecified atom stereocenters. The number of aryl methyl sites for hydroxylation is 1. The van der Waals surface area contributed by atoms with E-state index in [0.717, 1.165) is 18.9 Å². The van der Waals surface area contributed by atoms with Gasteiger partial charge in [-0.2, -0.15) is 0 Å². The minimum absolute atomic E-state index is 0.127. The predicted octanol–water partition coefficient (Wildman–Crippen LogP) is 3.31. The molecule has 5 nitrogen and oxygen atoms in total. The summed E-state index contributed by atoms with van der Waals surface area (Å²) in [6.07, 6.45) is 3.82. The number of nitrogens with zero attached hydrogens (tertiary/aromatic N) is 5.